The van der Waals surface area contributed by atoms with Gasteiger partial charge in [-0.3, -0.25) is 14.4 Å². The van der Waals surface area contributed by atoms with Crippen molar-refractivity contribution in [2.45, 2.75) is 190 Å². The zero-order valence-electron chi connectivity index (χ0n) is 42.1. The van der Waals surface area contributed by atoms with Gasteiger partial charge < -0.3 is 10.2 Å². The predicted molar refractivity (Wildman–Crippen MR) is 273 cm³/mol. The lowest BCUT2D eigenvalue weighted by Crippen LogP contribution is -2.56. The van der Waals surface area contributed by atoms with Crippen LogP contribution >= 0.6 is 15.9 Å². The Morgan fingerprint density at radius 1 is 0.561 bits per heavy atom. The maximum absolute atomic E-state index is 13.5. The highest BCUT2D eigenvalue weighted by Gasteiger charge is 2.64. The molecule has 368 valence electrons. The van der Waals surface area contributed by atoms with Crippen molar-refractivity contribution in [1.82, 2.24) is 5.06 Å². The molecule has 0 aromatic heterocycles. The molecule has 6 nitrogen and oxygen atoms in total. The molecule has 0 radical (unpaired) electrons. The van der Waals surface area contributed by atoms with Crippen molar-refractivity contribution >= 4 is 27.6 Å². The number of hydrogen-bond acceptors (Lipinski definition) is 5. The standard InChI is InChI=1S/C28H40O2.C23H39NO3.C7H7Br.CH4/c1-18-5-7-19(8-6-18)25(29)24-12-11-22-21-10-9-20-17-26(2,30)15-16-27(20,3)23(21)13-14-28(22,24)4;1-21(26)12-13-22(2)15(14-21)6-7-16-17-8-9-19(20(25)24(4)27-5)23(17,3)11-10-18(16)22;1-6-2-4-7(8)5-3-6;/h5-8,20-24,30H,9-17H2,1-4H3;15-19,26H,6-14H2,1-5H3;2-5H,1H3;1H4/t20-,21+,22+,23+,24-,26-,27+,28+;15-,16+,17+,18+,19-,21-,22+,23+;;/m11../s1. The summed E-state index contributed by atoms with van der Waals surface area (Å²) < 4.78 is 1.14. The molecule has 8 fully saturated rings. The van der Waals surface area contributed by atoms with Gasteiger partial charge in [0.2, 0.25) is 5.91 Å². The van der Waals surface area contributed by atoms with Gasteiger partial charge in [-0.1, -0.05) is 98.6 Å². The number of Topliss-reactive ketones (excluding diaryl/α,β-unsaturated/α-hetero) is 1. The van der Waals surface area contributed by atoms with E-state index in [2.05, 4.69) is 88.7 Å². The maximum atomic E-state index is 13.5. The minimum Gasteiger partial charge on any atom is -0.390 e. The van der Waals surface area contributed by atoms with Crippen LogP contribution in [0.4, 0.5) is 0 Å². The van der Waals surface area contributed by atoms with Crippen LogP contribution in [0.5, 0.6) is 0 Å². The Kier molecular flexibility index (Phi) is 15.1. The number of hydroxylamine groups is 2. The van der Waals surface area contributed by atoms with Gasteiger partial charge in [0.15, 0.2) is 5.78 Å². The van der Waals surface area contributed by atoms with Crippen molar-refractivity contribution < 1.29 is 24.6 Å². The van der Waals surface area contributed by atoms with E-state index in [4.69, 9.17) is 4.84 Å². The number of rotatable bonds is 4. The second-order valence-corrected chi connectivity index (χ2v) is 26.0. The van der Waals surface area contributed by atoms with Crippen molar-refractivity contribution in [1.29, 1.82) is 0 Å². The molecule has 8 aliphatic carbocycles. The number of benzene rings is 2. The van der Waals surface area contributed by atoms with Gasteiger partial charge in [0.05, 0.1) is 18.3 Å². The fourth-order valence-electron chi connectivity index (χ4n) is 17.5. The summed E-state index contributed by atoms with van der Waals surface area (Å²) in [5, 5.41) is 22.8. The van der Waals surface area contributed by atoms with Gasteiger partial charge >= 0.3 is 0 Å². The van der Waals surface area contributed by atoms with Crippen LogP contribution in [0.2, 0.25) is 0 Å². The summed E-state index contributed by atoms with van der Waals surface area (Å²) in [6.45, 7) is 18.2. The van der Waals surface area contributed by atoms with Gasteiger partial charge in [-0.05, 0) is 224 Å². The SMILES string of the molecule is C.CON(C)C(=O)[C@H]1CC[C@H]2[C@@H]3CC[C@@H]4C[C@](C)(O)CC[C@]4(C)[C@H]3CC[C@]12C.Cc1ccc(Br)cc1.Cc1ccc(C(=O)[C@H]2CC[C@H]3[C@@H]4CC[C@@H]5C[C@](C)(O)CC[C@]5(C)[C@H]4CC[C@]23C)cc1. The van der Waals surface area contributed by atoms with Crippen molar-refractivity contribution in [2.24, 2.45) is 80.8 Å². The van der Waals surface area contributed by atoms with Crippen LogP contribution in [0.25, 0.3) is 0 Å². The van der Waals surface area contributed by atoms with E-state index in [1.54, 1.807) is 14.2 Å². The molecule has 0 aliphatic heterocycles. The maximum Gasteiger partial charge on any atom is 0.249 e. The molecule has 2 N–H and O–H groups in total. The Labute approximate surface area is 409 Å². The zero-order chi connectivity index (χ0) is 46.9. The molecule has 0 saturated heterocycles. The number of nitrogens with zero attached hydrogens (tertiary/aromatic N) is 1. The molecule has 2 aromatic carbocycles. The fourth-order valence-corrected chi connectivity index (χ4v) is 17.7. The summed E-state index contributed by atoms with van der Waals surface area (Å²) in [5.74, 6) is 6.73. The van der Waals surface area contributed by atoms with E-state index in [9.17, 15) is 19.8 Å². The number of amides is 1. The molecule has 8 aliphatic rings. The second kappa shape index (κ2) is 19.3. The minimum atomic E-state index is -0.462. The van der Waals surface area contributed by atoms with Gasteiger partial charge in [-0.25, -0.2) is 5.06 Å². The van der Waals surface area contributed by atoms with Crippen LogP contribution in [0.15, 0.2) is 53.0 Å². The monoisotopic (exact) mass is 972 g/mol. The number of ketones is 1. The van der Waals surface area contributed by atoms with Crippen LogP contribution in [0.3, 0.4) is 0 Å². The number of carbonyl (C=O) groups excluding carboxylic acids is 2. The summed E-state index contributed by atoms with van der Waals surface area (Å²) in [7, 11) is 3.34. The number of hydrogen-bond donors (Lipinski definition) is 2. The third-order valence-electron chi connectivity index (χ3n) is 21.5. The van der Waals surface area contributed by atoms with Crippen LogP contribution in [0, 0.1) is 94.7 Å². The van der Waals surface area contributed by atoms with Crippen LogP contribution in [0.1, 0.15) is 186 Å². The van der Waals surface area contributed by atoms with Gasteiger partial charge in [-0.15, -0.1) is 0 Å². The Bertz CT molecular complexity index is 1990. The number of halogens is 1. The largest absolute Gasteiger partial charge is 0.390 e. The number of aryl methyl sites for hydroxylation is 2. The lowest BCUT2D eigenvalue weighted by atomic mass is 9.44. The molecule has 2 aromatic rings. The predicted octanol–water partition coefficient (Wildman–Crippen LogP) is 14.4. The van der Waals surface area contributed by atoms with Gasteiger partial charge in [-0.2, -0.15) is 0 Å². The first-order valence-electron chi connectivity index (χ1n) is 26.1. The van der Waals surface area contributed by atoms with Crippen molar-refractivity contribution in [3.8, 4) is 0 Å². The van der Waals surface area contributed by atoms with Crippen molar-refractivity contribution in [2.75, 3.05) is 14.2 Å². The van der Waals surface area contributed by atoms with Crippen LogP contribution in [-0.2, 0) is 9.63 Å². The van der Waals surface area contributed by atoms with E-state index in [1.165, 1.54) is 93.2 Å². The highest BCUT2D eigenvalue weighted by molar-refractivity contribution is 9.10. The first-order chi connectivity index (χ1) is 30.5. The van der Waals surface area contributed by atoms with Crippen molar-refractivity contribution in [3.63, 3.8) is 0 Å². The molecule has 7 heteroatoms. The molecule has 0 spiro atoms. The van der Waals surface area contributed by atoms with Crippen molar-refractivity contribution in [3.05, 3.63) is 69.7 Å². The number of fused-ring (bicyclic) bond motifs is 10. The lowest BCUT2D eigenvalue weighted by molar-refractivity contribution is -0.182. The Morgan fingerprint density at radius 3 is 1.41 bits per heavy atom. The van der Waals surface area contributed by atoms with E-state index in [0.717, 1.165) is 72.2 Å². The topological polar surface area (TPSA) is 87.1 Å². The Balaban J connectivity index is 0.000000167. The highest BCUT2D eigenvalue weighted by Crippen LogP contribution is 2.70. The minimum absolute atomic E-state index is 0. The smallest absolute Gasteiger partial charge is 0.249 e. The first kappa shape index (κ1) is 51.8. The van der Waals surface area contributed by atoms with Crippen LogP contribution < -0.4 is 0 Å². The fraction of sp³-hybridized carbons (Fsp3) is 0.763. The lowest BCUT2D eigenvalue weighted by Gasteiger charge is -2.61. The summed E-state index contributed by atoms with van der Waals surface area (Å²) in [6.07, 6.45) is 20.8. The molecule has 0 bridgehead atoms. The normalized spacial score (nSPS) is 44.1. The highest BCUT2D eigenvalue weighted by atomic mass is 79.9. The summed E-state index contributed by atoms with van der Waals surface area (Å²) in [5.41, 5.74) is 3.60. The van der Waals surface area contributed by atoms with Gasteiger partial charge in [0.25, 0.3) is 0 Å². The molecule has 8 saturated carbocycles. The number of aliphatic hydroxyl groups is 2. The molecule has 10 rings (SSSR count). The number of carbonyl (C=O) groups is 2. The zero-order valence-corrected chi connectivity index (χ0v) is 43.7. The van der Waals surface area contributed by atoms with E-state index < -0.39 is 11.2 Å². The van der Waals surface area contributed by atoms with E-state index >= 15 is 0 Å². The molecule has 1 amide bonds. The third-order valence-corrected chi connectivity index (χ3v) is 22.0. The Morgan fingerprint density at radius 2 is 0.970 bits per heavy atom. The molecular weight excluding hydrogens is 883 g/mol. The average molecular weight is 973 g/mol. The van der Waals surface area contributed by atoms with Crippen LogP contribution in [-0.4, -0.2) is 52.3 Å². The Hall–Kier alpha value is -2.06. The molecule has 66 heavy (non-hydrogen) atoms. The quantitative estimate of drug-likeness (QED) is 0.235. The third kappa shape index (κ3) is 9.46. The average Bonchev–Trinajstić information content (AvgIpc) is 3.82. The summed E-state index contributed by atoms with van der Waals surface area (Å²) >= 11 is 3.35. The molecule has 0 unspecified atom stereocenters. The van der Waals surface area contributed by atoms with Gasteiger partial charge in [0.1, 0.15) is 0 Å². The molecule has 0 heterocycles. The summed E-state index contributed by atoms with van der Waals surface area (Å²) in [4.78, 5) is 31.7. The summed E-state index contributed by atoms with van der Waals surface area (Å²) in [6, 6.07) is 16.5. The molecular formula is C59H90BrNO5. The van der Waals surface area contributed by atoms with Gasteiger partial charge in [0, 0.05) is 28.9 Å². The molecule has 16 atom stereocenters. The van der Waals surface area contributed by atoms with E-state index in [-0.39, 0.29) is 36.0 Å². The second-order valence-electron chi connectivity index (χ2n) is 25.1. The van der Waals surface area contributed by atoms with E-state index in [0.29, 0.717) is 40.3 Å². The van der Waals surface area contributed by atoms with E-state index in [1.807, 2.05) is 31.2 Å². The first-order valence-corrected chi connectivity index (χ1v) is 26.9.